The van der Waals surface area contributed by atoms with Crippen molar-refractivity contribution in [2.75, 3.05) is 12.9 Å². The van der Waals surface area contributed by atoms with E-state index in [2.05, 4.69) is 16.9 Å². The lowest BCUT2D eigenvalue weighted by molar-refractivity contribution is -0.126. The van der Waals surface area contributed by atoms with Crippen LogP contribution in [0.15, 0.2) is 156 Å². The maximum absolute atomic E-state index is 14.1. The summed E-state index contributed by atoms with van der Waals surface area (Å²) in [5.74, 6) is -0.710. The average Bonchev–Trinajstić information content (AvgIpc) is 3.16. The molecule has 0 aromatic heterocycles. The topological polar surface area (TPSA) is 97.3 Å². The lowest BCUT2D eigenvalue weighted by Gasteiger charge is -2.28. The number of thioether (sulfide) groups is 1. The van der Waals surface area contributed by atoms with Crippen LogP contribution in [0.1, 0.15) is 35.2 Å². The number of ether oxygens (including phenoxy) is 2. The molecule has 8 nitrogen and oxygen atoms in total. The molecular formula is C41H37N3O5S. The Balaban J connectivity index is 1.39. The number of amides is 3. The predicted molar refractivity (Wildman–Crippen MR) is 199 cm³/mol. The molecule has 0 radical (unpaired) electrons. The molecule has 0 unspecified atom stereocenters. The number of aliphatic imine (C=N–C) groups is 1. The van der Waals surface area contributed by atoms with Crippen LogP contribution in [0.4, 0.5) is 0 Å². The fourth-order valence-electron chi connectivity index (χ4n) is 5.19. The third-order valence-corrected chi connectivity index (χ3v) is 8.59. The van der Waals surface area contributed by atoms with E-state index < -0.39 is 11.8 Å². The summed E-state index contributed by atoms with van der Waals surface area (Å²) >= 11 is 1.01. The summed E-state index contributed by atoms with van der Waals surface area (Å²) in [7, 11) is 1.52. The summed E-state index contributed by atoms with van der Waals surface area (Å²) in [4.78, 5) is 46.5. The van der Waals surface area contributed by atoms with Gasteiger partial charge in [-0.05, 0) is 53.5 Å². The zero-order chi connectivity index (χ0) is 35.3. The van der Waals surface area contributed by atoms with E-state index >= 15 is 0 Å². The van der Waals surface area contributed by atoms with E-state index in [9.17, 15) is 14.4 Å². The van der Waals surface area contributed by atoms with Gasteiger partial charge in [0.15, 0.2) is 16.7 Å². The van der Waals surface area contributed by atoms with Gasteiger partial charge in [0, 0.05) is 5.70 Å². The molecule has 1 aliphatic rings. The van der Waals surface area contributed by atoms with Crippen LogP contribution in [-0.2, 0) is 21.0 Å². The largest absolute Gasteiger partial charge is 0.493 e. The summed E-state index contributed by atoms with van der Waals surface area (Å²) in [6.45, 7) is 5.85. The van der Waals surface area contributed by atoms with Crippen LogP contribution < -0.4 is 14.8 Å². The quantitative estimate of drug-likeness (QED) is 0.0883. The van der Waals surface area contributed by atoms with Gasteiger partial charge < -0.3 is 14.8 Å². The number of carbonyl (C=O) groups is 3. The molecule has 5 rings (SSSR count). The molecular weight excluding hydrogens is 647 g/mol. The second-order valence-electron chi connectivity index (χ2n) is 11.0. The van der Waals surface area contributed by atoms with Crippen molar-refractivity contribution < 1.29 is 23.9 Å². The number of hydrogen-bond acceptors (Lipinski definition) is 6. The molecule has 252 valence electrons. The summed E-state index contributed by atoms with van der Waals surface area (Å²) in [5.41, 5.74) is 3.72. The average molecular weight is 684 g/mol. The van der Waals surface area contributed by atoms with Crippen molar-refractivity contribution in [1.82, 2.24) is 10.2 Å². The molecule has 1 N–H and O–H groups in total. The van der Waals surface area contributed by atoms with Gasteiger partial charge in [0.05, 0.1) is 18.9 Å². The smallest absolute Gasteiger partial charge is 0.285 e. The number of nitrogens with zero attached hydrogens (tertiary/aromatic N) is 2. The molecule has 1 heterocycles. The lowest BCUT2D eigenvalue weighted by atomic mass is 9.99. The standard InChI is InChI=1S/C41H37N3O5S/c1-4-6-22-33(5-2)44-40(47)34(25-30-23-24-35(36(26-30)48-3)49-27-29-16-10-7-11-17-29)39(46)43-41(44)50-28-37(45)42-38(31-18-12-8-13-19-31)32-20-14-9-15-21-32/h4-26,38H,1,27-28H2,2-3H3,(H,42,45)/b22-6-,33-5+,34-25+. The van der Waals surface area contributed by atoms with Crippen LogP contribution in [0.5, 0.6) is 11.5 Å². The van der Waals surface area contributed by atoms with Gasteiger partial charge in [0.25, 0.3) is 11.8 Å². The van der Waals surface area contributed by atoms with Crippen molar-refractivity contribution in [2.24, 2.45) is 4.99 Å². The van der Waals surface area contributed by atoms with Gasteiger partial charge in [-0.25, -0.2) is 0 Å². The molecule has 4 aromatic rings. The number of allylic oxidation sites excluding steroid dienone is 4. The fraction of sp³-hybridized carbons (Fsp3) is 0.122. The molecule has 3 amide bonds. The maximum Gasteiger partial charge on any atom is 0.285 e. The third kappa shape index (κ3) is 8.94. The zero-order valence-electron chi connectivity index (χ0n) is 27.8. The molecule has 0 fully saturated rings. The second kappa shape index (κ2) is 17.5. The van der Waals surface area contributed by atoms with E-state index in [0.717, 1.165) is 28.5 Å². The van der Waals surface area contributed by atoms with E-state index in [4.69, 9.17) is 9.47 Å². The Morgan fingerprint density at radius 2 is 1.56 bits per heavy atom. The van der Waals surface area contributed by atoms with Gasteiger partial charge in [0.1, 0.15) is 12.2 Å². The number of hydrogen-bond donors (Lipinski definition) is 1. The first-order chi connectivity index (χ1) is 24.4. The highest BCUT2D eigenvalue weighted by Gasteiger charge is 2.35. The van der Waals surface area contributed by atoms with Crippen LogP contribution in [-0.4, -0.2) is 40.7 Å². The van der Waals surface area contributed by atoms with Crippen LogP contribution in [0.2, 0.25) is 0 Å². The molecule has 4 aromatic carbocycles. The second-order valence-corrected chi connectivity index (χ2v) is 11.9. The lowest BCUT2D eigenvalue weighted by Crippen LogP contribution is -2.42. The molecule has 0 bridgehead atoms. The van der Waals surface area contributed by atoms with Crippen molar-refractivity contribution in [1.29, 1.82) is 0 Å². The van der Waals surface area contributed by atoms with Crippen molar-refractivity contribution >= 4 is 40.7 Å². The van der Waals surface area contributed by atoms with Crippen molar-refractivity contribution in [3.63, 3.8) is 0 Å². The van der Waals surface area contributed by atoms with Crippen LogP contribution in [0.25, 0.3) is 6.08 Å². The highest BCUT2D eigenvalue weighted by molar-refractivity contribution is 8.14. The highest BCUT2D eigenvalue weighted by atomic mass is 32.2. The third-order valence-electron chi connectivity index (χ3n) is 7.65. The molecule has 0 aliphatic carbocycles. The number of benzene rings is 4. The number of rotatable bonds is 13. The van der Waals surface area contributed by atoms with Crippen LogP contribution >= 0.6 is 11.8 Å². The van der Waals surface area contributed by atoms with Crippen LogP contribution in [0.3, 0.4) is 0 Å². The van der Waals surface area contributed by atoms with Gasteiger partial charge in [-0.3, -0.25) is 19.3 Å². The number of amidine groups is 1. The Kier molecular flexibility index (Phi) is 12.4. The Bertz CT molecular complexity index is 1910. The minimum atomic E-state index is -0.716. The molecule has 0 spiro atoms. The zero-order valence-corrected chi connectivity index (χ0v) is 28.6. The fourth-order valence-corrected chi connectivity index (χ4v) is 6.00. The first-order valence-corrected chi connectivity index (χ1v) is 16.9. The molecule has 0 atom stereocenters. The number of carbonyl (C=O) groups excluding carboxylic acids is 3. The number of methoxy groups -OCH3 is 1. The summed E-state index contributed by atoms with van der Waals surface area (Å²) in [5, 5.41) is 3.19. The van der Waals surface area contributed by atoms with Crippen molar-refractivity contribution in [3.8, 4) is 11.5 Å². The summed E-state index contributed by atoms with van der Waals surface area (Å²) in [6.07, 6.45) is 8.16. The van der Waals surface area contributed by atoms with Gasteiger partial charge in [-0.2, -0.15) is 4.99 Å². The Morgan fingerprint density at radius 1 is 0.920 bits per heavy atom. The molecule has 50 heavy (non-hydrogen) atoms. The van der Waals surface area contributed by atoms with Gasteiger partial charge in [0.2, 0.25) is 5.91 Å². The van der Waals surface area contributed by atoms with E-state index in [-0.39, 0.29) is 28.4 Å². The Hall–Kier alpha value is -5.93. The van der Waals surface area contributed by atoms with E-state index in [0.29, 0.717) is 29.4 Å². The molecule has 1 aliphatic heterocycles. The SMILES string of the molecule is C=C/C=C\C(=C/C)N1C(=O)/C(=C/c2ccc(OCc3ccccc3)c(OC)c2)C(=O)N=C1SCC(=O)NC(c1ccccc1)c1ccccc1. The minimum Gasteiger partial charge on any atom is -0.493 e. The van der Waals surface area contributed by atoms with E-state index in [1.165, 1.54) is 18.1 Å². The first kappa shape index (κ1) is 35.4. The molecule has 9 heteroatoms. The van der Waals surface area contributed by atoms with Gasteiger partial charge in [-0.15, -0.1) is 0 Å². The van der Waals surface area contributed by atoms with Gasteiger partial charge in [-0.1, -0.05) is 134 Å². The minimum absolute atomic E-state index is 0.0884. The highest BCUT2D eigenvalue weighted by Crippen LogP contribution is 2.32. The Morgan fingerprint density at radius 3 is 2.16 bits per heavy atom. The molecule has 0 saturated heterocycles. The predicted octanol–water partition coefficient (Wildman–Crippen LogP) is 7.67. The normalized spacial score (nSPS) is 14.2. The van der Waals surface area contributed by atoms with E-state index in [1.807, 2.05) is 91.0 Å². The molecule has 0 saturated carbocycles. The summed E-state index contributed by atoms with van der Waals surface area (Å²) < 4.78 is 11.5. The monoisotopic (exact) mass is 683 g/mol. The van der Waals surface area contributed by atoms with E-state index in [1.54, 1.807) is 49.4 Å². The maximum atomic E-state index is 14.1. The summed E-state index contributed by atoms with van der Waals surface area (Å²) in [6, 6.07) is 33.8. The first-order valence-electron chi connectivity index (χ1n) is 15.9. The van der Waals surface area contributed by atoms with Crippen molar-refractivity contribution in [2.45, 2.75) is 19.6 Å². The number of nitrogens with one attached hydrogen (secondary N) is 1. The van der Waals surface area contributed by atoms with Crippen molar-refractivity contribution in [3.05, 3.63) is 174 Å². The van der Waals surface area contributed by atoms with Gasteiger partial charge >= 0.3 is 0 Å². The van der Waals surface area contributed by atoms with Crippen LogP contribution in [0, 0.1) is 0 Å². The Labute approximate surface area is 296 Å².